The molecule has 0 spiro atoms. The normalized spacial score (nSPS) is 11.7. The molecule has 0 aliphatic carbocycles. The van der Waals surface area contributed by atoms with Crippen LogP contribution in [0.5, 0.6) is 11.5 Å². The molecule has 0 bridgehead atoms. The third-order valence-electron chi connectivity index (χ3n) is 5.61. The number of imidazole rings is 1. The van der Waals surface area contributed by atoms with Crippen LogP contribution >= 0.6 is 23.4 Å². The number of hydrogen-bond donors (Lipinski definition) is 2. The van der Waals surface area contributed by atoms with Crippen molar-refractivity contribution in [3.8, 4) is 34.0 Å². The van der Waals surface area contributed by atoms with Crippen LogP contribution in [0.3, 0.4) is 0 Å². The summed E-state index contributed by atoms with van der Waals surface area (Å²) in [6, 6.07) is 21.0. The van der Waals surface area contributed by atoms with Gasteiger partial charge in [-0.05, 0) is 80.1 Å². The van der Waals surface area contributed by atoms with E-state index >= 15 is 0 Å². The van der Waals surface area contributed by atoms with E-state index in [1.165, 1.54) is 11.8 Å². The number of aromatic amines is 1. The van der Waals surface area contributed by atoms with E-state index in [4.69, 9.17) is 26.1 Å². The Hall–Kier alpha value is -3.42. The van der Waals surface area contributed by atoms with Crippen LogP contribution in [0.2, 0.25) is 5.02 Å². The number of nitrogens with one attached hydrogen (secondary N) is 2. The van der Waals surface area contributed by atoms with E-state index in [-0.39, 0.29) is 5.91 Å². The Morgan fingerprint density at radius 2 is 1.57 bits per heavy atom. The van der Waals surface area contributed by atoms with Crippen molar-refractivity contribution in [2.45, 2.75) is 24.3 Å². The summed E-state index contributed by atoms with van der Waals surface area (Å²) in [5, 5.41) is 3.83. The number of carbonyl (C=O) groups excluding carboxylic acids is 1. The van der Waals surface area contributed by atoms with Crippen LogP contribution in [0, 0.1) is 6.92 Å². The first-order valence-corrected chi connectivity index (χ1v) is 12.3. The van der Waals surface area contributed by atoms with Gasteiger partial charge in [-0.25, -0.2) is 4.98 Å². The van der Waals surface area contributed by atoms with Crippen molar-refractivity contribution in [2.75, 3.05) is 19.5 Å². The Morgan fingerprint density at radius 3 is 2.17 bits per heavy atom. The average Bonchev–Trinajstić information content (AvgIpc) is 3.30. The van der Waals surface area contributed by atoms with E-state index in [9.17, 15) is 4.79 Å². The minimum absolute atomic E-state index is 0.131. The zero-order valence-electron chi connectivity index (χ0n) is 19.9. The summed E-state index contributed by atoms with van der Waals surface area (Å²) in [5.74, 6) is 1.41. The van der Waals surface area contributed by atoms with Gasteiger partial charge >= 0.3 is 0 Å². The van der Waals surface area contributed by atoms with Crippen LogP contribution in [0.15, 0.2) is 71.9 Å². The lowest BCUT2D eigenvalue weighted by molar-refractivity contribution is -0.115. The van der Waals surface area contributed by atoms with Crippen LogP contribution in [-0.2, 0) is 4.79 Å². The number of thioether (sulfide) groups is 1. The molecule has 8 heteroatoms. The molecule has 2 N–H and O–H groups in total. The summed E-state index contributed by atoms with van der Waals surface area (Å²) < 4.78 is 10.6. The molecule has 35 heavy (non-hydrogen) atoms. The fourth-order valence-electron chi connectivity index (χ4n) is 3.53. The molecule has 4 aromatic rings. The minimum atomic E-state index is -0.396. The van der Waals surface area contributed by atoms with E-state index in [1.54, 1.807) is 20.3 Å². The molecule has 0 aliphatic heterocycles. The second-order valence-corrected chi connectivity index (χ2v) is 9.62. The average molecular weight is 508 g/mol. The molecule has 0 saturated heterocycles. The third-order valence-corrected chi connectivity index (χ3v) is 7.00. The zero-order chi connectivity index (χ0) is 24.9. The van der Waals surface area contributed by atoms with E-state index < -0.39 is 5.25 Å². The van der Waals surface area contributed by atoms with E-state index in [0.717, 1.165) is 39.6 Å². The Labute approximate surface area is 214 Å². The number of rotatable bonds is 8. The number of benzene rings is 3. The van der Waals surface area contributed by atoms with Crippen LogP contribution in [0.1, 0.15) is 12.5 Å². The quantitative estimate of drug-likeness (QED) is 0.255. The number of nitrogens with zero attached hydrogens (tertiary/aromatic N) is 1. The second kappa shape index (κ2) is 10.9. The van der Waals surface area contributed by atoms with Gasteiger partial charge < -0.3 is 19.8 Å². The van der Waals surface area contributed by atoms with Gasteiger partial charge in [0.1, 0.15) is 11.5 Å². The lowest BCUT2D eigenvalue weighted by Crippen LogP contribution is -2.23. The molecule has 1 heterocycles. The molecule has 0 saturated carbocycles. The molecule has 1 aromatic heterocycles. The first kappa shape index (κ1) is 24.7. The van der Waals surface area contributed by atoms with Crippen molar-refractivity contribution < 1.29 is 14.3 Å². The van der Waals surface area contributed by atoms with Crippen LogP contribution in [-0.4, -0.2) is 35.3 Å². The molecule has 6 nitrogen and oxygen atoms in total. The van der Waals surface area contributed by atoms with Crippen molar-refractivity contribution in [2.24, 2.45) is 0 Å². The van der Waals surface area contributed by atoms with Crippen molar-refractivity contribution in [1.82, 2.24) is 9.97 Å². The number of hydrogen-bond acceptors (Lipinski definition) is 5. The number of H-pyrrole nitrogens is 1. The number of methoxy groups -OCH3 is 2. The van der Waals surface area contributed by atoms with Crippen LogP contribution in [0.4, 0.5) is 5.69 Å². The van der Waals surface area contributed by atoms with Crippen LogP contribution in [0.25, 0.3) is 22.5 Å². The highest BCUT2D eigenvalue weighted by atomic mass is 35.5. The van der Waals surface area contributed by atoms with Crippen molar-refractivity contribution in [1.29, 1.82) is 0 Å². The summed E-state index contributed by atoms with van der Waals surface area (Å²) >= 11 is 7.55. The second-order valence-electron chi connectivity index (χ2n) is 7.88. The summed E-state index contributed by atoms with van der Waals surface area (Å²) in [6.07, 6.45) is 0. The van der Waals surface area contributed by atoms with Crippen molar-refractivity contribution >= 4 is 35.0 Å². The van der Waals surface area contributed by atoms with E-state index in [2.05, 4.69) is 10.3 Å². The number of aromatic nitrogens is 2. The number of anilines is 1. The minimum Gasteiger partial charge on any atom is -0.497 e. The maximum absolute atomic E-state index is 12.9. The molecule has 0 fully saturated rings. The van der Waals surface area contributed by atoms with E-state index in [1.807, 2.05) is 74.5 Å². The fraction of sp³-hybridized carbons (Fsp3) is 0.185. The number of ether oxygens (including phenoxy) is 2. The molecule has 1 atom stereocenters. The molecule has 3 aromatic carbocycles. The standard InChI is InChI=1S/C27H26ClN3O3S/c1-16-22(28)6-5-7-23(16)29-26(32)17(2)35-27-30-24(18-8-12-20(33-3)13-9-18)25(31-27)19-10-14-21(34-4)15-11-19/h5-15,17H,1-4H3,(H,29,32)(H,30,31). The Morgan fingerprint density at radius 1 is 0.971 bits per heavy atom. The summed E-state index contributed by atoms with van der Waals surface area (Å²) in [6.45, 7) is 3.73. The summed E-state index contributed by atoms with van der Waals surface area (Å²) in [7, 11) is 3.28. The fourth-order valence-corrected chi connectivity index (χ4v) is 4.51. The highest BCUT2D eigenvalue weighted by Crippen LogP contribution is 2.35. The van der Waals surface area contributed by atoms with Gasteiger partial charge in [0.15, 0.2) is 5.16 Å². The summed E-state index contributed by atoms with van der Waals surface area (Å²) in [4.78, 5) is 21.2. The smallest absolute Gasteiger partial charge is 0.237 e. The molecule has 4 rings (SSSR count). The lowest BCUT2D eigenvalue weighted by Gasteiger charge is -2.13. The molecule has 1 amide bonds. The first-order valence-electron chi connectivity index (χ1n) is 11.0. The van der Waals surface area contributed by atoms with Gasteiger partial charge in [-0.2, -0.15) is 0 Å². The number of halogens is 1. The highest BCUT2D eigenvalue weighted by molar-refractivity contribution is 8.00. The first-order chi connectivity index (χ1) is 16.9. The molecular weight excluding hydrogens is 482 g/mol. The Bertz CT molecular complexity index is 1260. The van der Waals surface area contributed by atoms with Gasteiger partial charge in [0, 0.05) is 21.8 Å². The SMILES string of the molecule is COc1ccc(-c2nc(SC(C)C(=O)Nc3cccc(Cl)c3C)[nH]c2-c2ccc(OC)cc2)cc1. The van der Waals surface area contributed by atoms with Gasteiger partial charge in [0.25, 0.3) is 0 Å². The number of amides is 1. The molecular formula is C27H26ClN3O3S. The summed E-state index contributed by atoms with van der Waals surface area (Å²) in [5.41, 5.74) is 5.08. The highest BCUT2D eigenvalue weighted by Gasteiger charge is 2.21. The van der Waals surface area contributed by atoms with Gasteiger partial charge in [-0.1, -0.05) is 29.4 Å². The largest absolute Gasteiger partial charge is 0.497 e. The van der Waals surface area contributed by atoms with E-state index in [0.29, 0.717) is 15.9 Å². The third kappa shape index (κ3) is 5.63. The topological polar surface area (TPSA) is 76.2 Å². The zero-order valence-corrected chi connectivity index (χ0v) is 21.5. The lowest BCUT2D eigenvalue weighted by atomic mass is 10.0. The molecule has 0 aliphatic rings. The molecule has 0 radical (unpaired) electrons. The Balaban J connectivity index is 1.62. The van der Waals surface area contributed by atoms with Gasteiger partial charge in [-0.15, -0.1) is 0 Å². The van der Waals surface area contributed by atoms with Gasteiger partial charge in [0.2, 0.25) is 5.91 Å². The molecule has 1 unspecified atom stereocenters. The van der Waals surface area contributed by atoms with Gasteiger partial charge in [-0.3, -0.25) is 4.79 Å². The Kier molecular flexibility index (Phi) is 7.68. The van der Waals surface area contributed by atoms with Crippen LogP contribution < -0.4 is 14.8 Å². The predicted molar refractivity (Wildman–Crippen MR) is 143 cm³/mol. The monoisotopic (exact) mass is 507 g/mol. The van der Waals surface area contributed by atoms with Gasteiger partial charge in [0.05, 0.1) is 30.9 Å². The van der Waals surface area contributed by atoms with Crippen molar-refractivity contribution in [3.63, 3.8) is 0 Å². The maximum atomic E-state index is 12.9. The predicted octanol–water partition coefficient (Wildman–Crippen LogP) is 6.84. The molecule has 180 valence electrons. The van der Waals surface area contributed by atoms with Crippen molar-refractivity contribution in [3.05, 3.63) is 77.3 Å². The maximum Gasteiger partial charge on any atom is 0.237 e. The number of carbonyl (C=O) groups is 1.